The predicted molar refractivity (Wildman–Crippen MR) is 82.9 cm³/mol. The van der Waals surface area contributed by atoms with Crippen molar-refractivity contribution >= 4 is 21.8 Å². The lowest BCUT2D eigenvalue weighted by Crippen LogP contribution is -2.23. The predicted octanol–water partition coefficient (Wildman–Crippen LogP) is 3.78. The molecule has 0 aliphatic heterocycles. The minimum Gasteiger partial charge on any atom is -0.494 e. The number of nitrogens with one attached hydrogen (secondary N) is 1. The van der Waals surface area contributed by atoms with Crippen LogP contribution in [0.5, 0.6) is 5.75 Å². The van der Waals surface area contributed by atoms with Gasteiger partial charge in [0.25, 0.3) is 5.91 Å². The van der Waals surface area contributed by atoms with Crippen molar-refractivity contribution in [3.05, 3.63) is 64.1 Å². The summed E-state index contributed by atoms with van der Waals surface area (Å²) in [5, 5.41) is 2.90. The molecule has 2 aromatic carbocycles. The molecule has 1 N–H and O–H groups in total. The molecule has 1 amide bonds. The van der Waals surface area contributed by atoms with Gasteiger partial charge in [-0.25, -0.2) is 0 Å². The van der Waals surface area contributed by atoms with E-state index in [2.05, 4.69) is 21.2 Å². The molecule has 0 radical (unpaired) electrons. The Morgan fingerprint density at radius 1 is 1.15 bits per heavy atom. The van der Waals surface area contributed by atoms with E-state index in [0.717, 1.165) is 15.8 Å². The molecule has 0 unspecified atom stereocenters. The summed E-state index contributed by atoms with van der Waals surface area (Å²) in [7, 11) is 0. The maximum atomic E-state index is 12.0. The molecule has 3 nitrogen and oxygen atoms in total. The van der Waals surface area contributed by atoms with Gasteiger partial charge in [0.05, 0.1) is 12.2 Å². The number of ether oxygens (including phenoxy) is 1. The zero-order valence-corrected chi connectivity index (χ0v) is 12.8. The van der Waals surface area contributed by atoms with Gasteiger partial charge in [0.2, 0.25) is 0 Å². The van der Waals surface area contributed by atoms with E-state index in [0.29, 0.717) is 18.7 Å². The van der Waals surface area contributed by atoms with Gasteiger partial charge in [-0.1, -0.05) is 24.3 Å². The van der Waals surface area contributed by atoms with Crippen molar-refractivity contribution in [1.82, 2.24) is 5.32 Å². The number of benzene rings is 2. The van der Waals surface area contributed by atoms with Gasteiger partial charge in [0.15, 0.2) is 0 Å². The van der Waals surface area contributed by atoms with E-state index in [1.165, 1.54) is 0 Å². The topological polar surface area (TPSA) is 38.3 Å². The number of halogens is 1. The number of amides is 1. The third-order valence-electron chi connectivity index (χ3n) is 2.81. The second-order valence-corrected chi connectivity index (χ2v) is 5.09. The molecule has 0 heterocycles. The number of hydrogen-bond acceptors (Lipinski definition) is 2. The molecule has 0 fully saturated rings. The van der Waals surface area contributed by atoms with Gasteiger partial charge in [-0.2, -0.15) is 0 Å². The first-order chi connectivity index (χ1) is 9.70. The molecule has 0 saturated carbocycles. The van der Waals surface area contributed by atoms with Crippen LogP contribution >= 0.6 is 15.9 Å². The van der Waals surface area contributed by atoms with E-state index < -0.39 is 0 Å². The molecule has 0 spiro atoms. The molecule has 0 aliphatic carbocycles. The second kappa shape index (κ2) is 7.10. The average Bonchev–Trinajstić information content (AvgIpc) is 2.47. The van der Waals surface area contributed by atoms with Crippen molar-refractivity contribution in [2.75, 3.05) is 6.61 Å². The Morgan fingerprint density at radius 3 is 2.50 bits per heavy atom. The van der Waals surface area contributed by atoms with Crippen molar-refractivity contribution < 1.29 is 9.53 Å². The zero-order valence-electron chi connectivity index (χ0n) is 11.2. The van der Waals surface area contributed by atoms with Crippen LogP contribution in [0.1, 0.15) is 22.8 Å². The first-order valence-electron chi connectivity index (χ1n) is 6.45. The third-order valence-corrected chi connectivity index (χ3v) is 3.50. The first kappa shape index (κ1) is 14.6. The van der Waals surface area contributed by atoms with Crippen LogP contribution in [0.3, 0.4) is 0 Å². The Kier molecular flexibility index (Phi) is 5.18. The van der Waals surface area contributed by atoms with Crippen LogP contribution in [-0.4, -0.2) is 12.5 Å². The molecule has 104 valence electrons. The highest BCUT2D eigenvalue weighted by atomic mass is 79.9. The number of rotatable bonds is 5. The summed E-state index contributed by atoms with van der Waals surface area (Å²) >= 11 is 3.37. The Hall–Kier alpha value is -1.81. The maximum Gasteiger partial charge on any atom is 0.252 e. The summed E-state index contributed by atoms with van der Waals surface area (Å²) in [5.41, 5.74) is 1.67. The molecule has 0 aliphatic rings. The Bertz CT molecular complexity index is 581. The highest BCUT2D eigenvalue weighted by Gasteiger charge is 2.08. The molecule has 0 atom stereocenters. The monoisotopic (exact) mass is 333 g/mol. The Morgan fingerprint density at radius 2 is 1.85 bits per heavy atom. The minimum atomic E-state index is -0.0913. The molecule has 0 bridgehead atoms. The molecular formula is C16H16BrNO2. The van der Waals surface area contributed by atoms with Crippen molar-refractivity contribution in [3.8, 4) is 5.75 Å². The summed E-state index contributed by atoms with van der Waals surface area (Å²) in [4.78, 5) is 12.0. The van der Waals surface area contributed by atoms with E-state index in [1.54, 1.807) is 6.07 Å². The highest BCUT2D eigenvalue weighted by molar-refractivity contribution is 9.10. The summed E-state index contributed by atoms with van der Waals surface area (Å²) < 4.78 is 6.17. The standard InChI is InChI=1S/C16H16BrNO2/c1-2-20-13-9-7-12(8-10-13)11-18-16(19)14-5-3-4-6-15(14)17/h3-10H,2,11H2,1H3,(H,18,19). The van der Waals surface area contributed by atoms with Crippen LogP contribution in [0.4, 0.5) is 0 Å². The van der Waals surface area contributed by atoms with E-state index in [4.69, 9.17) is 4.74 Å². The fourth-order valence-corrected chi connectivity index (χ4v) is 2.26. The Balaban J connectivity index is 1.95. The summed E-state index contributed by atoms with van der Waals surface area (Å²) in [6.07, 6.45) is 0. The maximum absolute atomic E-state index is 12.0. The van der Waals surface area contributed by atoms with Crippen LogP contribution in [0.15, 0.2) is 53.0 Å². The molecule has 4 heteroatoms. The summed E-state index contributed by atoms with van der Waals surface area (Å²) in [6.45, 7) is 3.09. The van der Waals surface area contributed by atoms with Crippen molar-refractivity contribution in [1.29, 1.82) is 0 Å². The van der Waals surface area contributed by atoms with Gasteiger partial charge in [0.1, 0.15) is 5.75 Å². The lowest BCUT2D eigenvalue weighted by molar-refractivity contribution is 0.0950. The smallest absolute Gasteiger partial charge is 0.252 e. The fourth-order valence-electron chi connectivity index (χ4n) is 1.79. The second-order valence-electron chi connectivity index (χ2n) is 4.24. The molecule has 2 rings (SSSR count). The van der Waals surface area contributed by atoms with Crippen molar-refractivity contribution in [2.45, 2.75) is 13.5 Å². The largest absolute Gasteiger partial charge is 0.494 e. The van der Waals surface area contributed by atoms with Crippen LogP contribution in [0.25, 0.3) is 0 Å². The molecule has 20 heavy (non-hydrogen) atoms. The van der Waals surface area contributed by atoms with Gasteiger partial charge in [0, 0.05) is 11.0 Å². The fraction of sp³-hybridized carbons (Fsp3) is 0.188. The lowest BCUT2D eigenvalue weighted by Gasteiger charge is -2.08. The molecular weight excluding hydrogens is 318 g/mol. The highest BCUT2D eigenvalue weighted by Crippen LogP contribution is 2.16. The normalized spacial score (nSPS) is 10.1. The molecule has 0 aromatic heterocycles. The van der Waals surface area contributed by atoms with E-state index in [1.807, 2.05) is 49.4 Å². The van der Waals surface area contributed by atoms with Crippen molar-refractivity contribution in [2.24, 2.45) is 0 Å². The summed E-state index contributed by atoms with van der Waals surface area (Å²) in [6, 6.07) is 15.1. The SMILES string of the molecule is CCOc1ccc(CNC(=O)c2ccccc2Br)cc1. The average molecular weight is 334 g/mol. The van der Waals surface area contributed by atoms with Crippen LogP contribution < -0.4 is 10.1 Å². The van der Waals surface area contributed by atoms with Crippen LogP contribution in [-0.2, 0) is 6.54 Å². The van der Waals surface area contributed by atoms with Gasteiger partial charge in [-0.05, 0) is 52.7 Å². The number of carbonyl (C=O) groups is 1. The minimum absolute atomic E-state index is 0.0913. The van der Waals surface area contributed by atoms with Gasteiger partial charge >= 0.3 is 0 Å². The van der Waals surface area contributed by atoms with Crippen LogP contribution in [0, 0.1) is 0 Å². The van der Waals surface area contributed by atoms with Crippen LogP contribution in [0.2, 0.25) is 0 Å². The zero-order chi connectivity index (χ0) is 14.4. The quantitative estimate of drug-likeness (QED) is 0.904. The molecule has 2 aromatic rings. The van der Waals surface area contributed by atoms with Crippen molar-refractivity contribution in [3.63, 3.8) is 0 Å². The lowest BCUT2D eigenvalue weighted by atomic mass is 10.2. The third kappa shape index (κ3) is 3.84. The summed E-state index contributed by atoms with van der Waals surface area (Å²) in [5.74, 6) is 0.750. The Labute approximate surface area is 127 Å². The first-order valence-corrected chi connectivity index (χ1v) is 7.24. The van der Waals surface area contributed by atoms with Gasteiger partial charge < -0.3 is 10.1 Å². The molecule has 0 saturated heterocycles. The van der Waals surface area contributed by atoms with Gasteiger partial charge in [-0.3, -0.25) is 4.79 Å². The number of hydrogen-bond donors (Lipinski definition) is 1. The van der Waals surface area contributed by atoms with E-state index >= 15 is 0 Å². The number of carbonyl (C=O) groups excluding carboxylic acids is 1. The van der Waals surface area contributed by atoms with E-state index in [-0.39, 0.29) is 5.91 Å². The van der Waals surface area contributed by atoms with Gasteiger partial charge in [-0.15, -0.1) is 0 Å². The van der Waals surface area contributed by atoms with E-state index in [9.17, 15) is 4.79 Å².